The van der Waals surface area contributed by atoms with Gasteiger partial charge in [-0.15, -0.1) is 0 Å². The third-order valence-electron chi connectivity index (χ3n) is 6.09. The van der Waals surface area contributed by atoms with Gasteiger partial charge in [0.2, 0.25) is 0 Å². The minimum absolute atomic E-state index is 0.0112. The Hall–Kier alpha value is -3.49. The topological polar surface area (TPSA) is 111 Å². The lowest BCUT2D eigenvalue weighted by atomic mass is 9.79. The number of allylic oxidation sites excluding steroid dienone is 1. The molecule has 0 spiro atoms. The standard InChI is InChI=1S/C25H21Cl2N3O5/c26-15-11-18(22(28)19(27)12-15)25(32)35-13-21(31)30-24(20-7-3-9-34-20)17-6-1-4-14(23(17)29-30)10-16-5-2-8-33-16/h2-3,5,7-12,17,24H,1,4,6,13,28H2. The first-order valence-corrected chi connectivity index (χ1v) is 11.8. The molecular weight excluding hydrogens is 493 g/mol. The molecule has 0 saturated heterocycles. The monoisotopic (exact) mass is 513 g/mol. The highest BCUT2D eigenvalue weighted by molar-refractivity contribution is 6.37. The fraction of sp³-hybridized carbons (Fsp3) is 0.240. The van der Waals surface area contributed by atoms with Gasteiger partial charge in [0.1, 0.15) is 17.6 Å². The molecule has 2 atom stereocenters. The molecule has 8 nitrogen and oxygen atoms in total. The number of hydrogen-bond donors (Lipinski definition) is 1. The number of carbonyl (C=O) groups excluding carboxylic acids is 2. The van der Waals surface area contributed by atoms with E-state index in [9.17, 15) is 9.59 Å². The predicted octanol–water partition coefficient (Wildman–Crippen LogP) is 5.74. The molecule has 0 bridgehead atoms. The normalized spacial score (nSPS) is 20.6. The number of ether oxygens (including phenoxy) is 1. The highest BCUT2D eigenvalue weighted by Crippen LogP contribution is 2.44. The molecule has 1 amide bonds. The molecule has 2 aromatic heterocycles. The number of benzene rings is 1. The third-order valence-corrected chi connectivity index (χ3v) is 6.62. The van der Waals surface area contributed by atoms with Gasteiger partial charge in [-0.25, -0.2) is 9.80 Å². The van der Waals surface area contributed by atoms with Crippen LogP contribution in [0.2, 0.25) is 10.0 Å². The molecule has 2 aliphatic rings. The Bertz CT molecular complexity index is 1320. The van der Waals surface area contributed by atoms with Crippen LogP contribution in [0.5, 0.6) is 0 Å². The number of anilines is 1. The molecule has 1 aromatic carbocycles. The Balaban J connectivity index is 1.40. The van der Waals surface area contributed by atoms with E-state index < -0.39 is 24.5 Å². The van der Waals surface area contributed by atoms with Crippen molar-refractivity contribution in [1.29, 1.82) is 0 Å². The van der Waals surface area contributed by atoms with Crippen LogP contribution < -0.4 is 5.73 Å². The van der Waals surface area contributed by atoms with Gasteiger partial charge in [0.05, 0.1) is 34.5 Å². The maximum atomic E-state index is 13.3. The van der Waals surface area contributed by atoms with Crippen LogP contribution in [-0.4, -0.2) is 29.2 Å². The molecule has 1 fully saturated rings. The van der Waals surface area contributed by atoms with Crippen LogP contribution in [0, 0.1) is 5.92 Å². The van der Waals surface area contributed by atoms with Crippen LogP contribution >= 0.6 is 23.2 Å². The zero-order valence-corrected chi connectivity index (χ0v) is 20.0. The third kappa shape index (κ3) is 4.59. The van der Waals surface area contributed by atoms with Gasteiger partial charge < -0.3 is 19.3 Å². The van der Waals surface area contributed by atoms with E-state index >= 15 is 0 Å². The number of furan rings is 2. The van der Waals surface area contributed by atoms with Crippen molar-refractivity contribution in [2.24, 2.45) is 11.0 Å². The van der Waals surface area contributed by atoms with Gasteiger partial charge in [-0.2, -0.15) is 5.10 Å². The average molecular weight is 514 g/mol. The van der Waals surface area contributed by atoms with Crippen molar-refractivity contribution in [3.8, 4) is 0 Å². The number of hydrazone groups is 1. The van der Waals surface area contributed by atoms with E-state index in [1.807, 2.05) is 24.3 Å². The van der Waals surface area contributed by atoms with Crippen molar-refractivity contribution in [3.05, 3.63) is 81.6 Å². The van der Waals surface area contributed by atoms with E-state index in [1.54, 1.807) is 18.6 Å². The lowest BCUT2D eigenvalue weighted by molar-refractivity contribution is -0.137. The highest BCUT2D eigenvalue weighted by Gasteiger charge is 2.45. The number of nitrogens with zero attached hydrogens (tertiary/aromatic N) is 2. The molecule has 35 heavy (non-hydrogen) atoms. The first kappa shape index (κ1) is 23.3. The minimum atomic E-state index is -0.808. The Labute approximate surface area is 210 Å². The summed E-state index contributed by atoms with van der Waals surface area (Å²) in [6.45, 7) is -0.541. The van der Waals surface area contributed by atoms with Gasteiger partial charge >= 0.3 is 5.97 Å². The van der Waals surface area contributed by atoms with E-state index in [4.69, 9.17) is 42.5 Å². The van der Waals surface area contributed by atoms with Crippen LogP contribution in [0.1, 0.15) is 47.2 Å². The summed E-state index contributed by atoms with van der Waals surface area (Å²) in [5, 5.41) is 6.38. The summed E-state index contributed by atoms with van der Waals surface area (Å²) in [4.78, 5) is 25.9. The number of rotatable bonds is 5. The fourth-order valence-corrected chi connectivity index (χ4v) is 5.01. The molecule has 1 aliphatic carbocycles. The fourth-order valence-electron chi connectivity index (χ4n) is 4.52. The second-order valence-corrected chi connectivity index (χ2v) is 9.14. The first-order valence-electron chi connectivity index (χ1n) is 11.0. The minimum Gasteiger partial charge on any atom is -0.467 e. The number of esters is 1. The van der Waals surface area contributed by atoms with Crippen molar-refractivity contribution < 1.29 is 23.2 Å². The maximum Gasteiger partial charge on any atom is 0.340 e. The molecular formula is C25H21Cl2N3O5. The zero-order chi connectivity index (χ0) is 24.5. The summed E-state index contributed by atoms with van der Waals surface area (Å²) in [6.07, 6.45) is 7.69. The first-order chi connectivity index (χ1) is 16.9. The van der Waals surface area contributed by atoms with Gasteiger partial charge in [0.25, 0.3) is 5.91 Å². The summed E-state index contributed by atoms with van der Waals surface area (Å²) in [5.41, 5.74) is 7.71. The highest BCUT2D eigenvalue weighted by atomic mass is 35.5. The van der Waals surface area contributed by atoms with Gasteiger partial charge in [-0.3, -0.25) is 4.79 Å². The molecule has 2 unspecified atom stereocenters. The van der Waals surface area contributed by atoms with E-state index in [-0.39, 0.29) is 27.2 Å². The molecule has 180 valence electrons. The number of halogens is 2. The molecule has 0 radical (unpaired) electrons. The van der Waals surface area contributed by atoms with Gasteiger partial charge in [-0.05, 0) is 67.3 Å². The zero-order valence-electron chi connectivity index (χ0n) is 18.4. The lowest BCUT2D eigenvalue weighted by Gasteiger charge is -2.27. The summed E-state index contributed by atoms with van der Waals surface area (Å²) < 4.78 is 16.4. The second kappa shape index (κ2) is 9.64. The summed E-state index contributed by atoms with van der Waals surface area (Å²) in [6, 6.07) is 9.59. The molecule has 3 heterocycles. The predicted molar refractivity (Wildman–Crippen MR) is 131 cm³/mol. The lowest BCUT2D eigenvalue weighted by Crippen LogP contribution is -2.34. The van der Waals surface area contributed by atoms with Crippen LogP contribution in [-0.2, 0) is 9.53 Å². The Morgan fingerprint density at radius 2 is 2.00 bits per heavy atom. The van der Waals surface area contributed by atoms with Crippen LogP contribution in [0.3, 0.4) is 0 Å². The summed E-state index contributed by atoms with van der Waals surface area (Å²) in [7, 11) is 0. The van der Waals surface area contributed by atoms with Crippen molar-refractivity contribution in [2.45, 2.75) is 25.3 Å². The number of nitrogen functional groups attached to an aromatic ring is 1. The summed E-state index contributed by atoms with van der Waals surface area (Å²) in [5.74, 6) is -0.0331. The average Bonchev–Trinajstić information content (AvgIpc) is 3.60. The van der Waals surface area contributed by atoms with Gasteiger partial charge in [0.15, 0.2) is 6.61 Å². The van der Waals surface area contributed by atoms with Gasteiger partial charge in [0, 0.05) is 10.9 Å². The van der Waals surface area contributed by atoms with Crippen molar-refractivity contribution >= 4 is 52.6 Å². The molecule has 3 aromatic rings. The van der Waals surface area contributed by atoms with E-state index in [1.165, 1.54) is 17.1 Å². The largest absolute Gasteiger partial charge is 0.467 e. The number of carbonyl (C=O) groups is 2. The maximum absolute atomic E-state index is 13.3. The van der Waals surface area contributed by atoms with Crippen LogP contribution in [0.15, 0.2) is 68.4 Å². The Morgan fingerprint density at radius 3 is 2.74 bits per heavy atom. The van der Waals surface area contributed by atoms with Gasteiger partial charge in [-0.1, -0.05) is 23.2 Å². The molecule has 10 heteroatoms. The Kier molecular flexibility index (Phi) is 6.40. The second-order valence-electron chi connectivity index (χ2n) is 8.29. The van der Waals surface area contributed by atoms with E-state index in [2.05, 4.69) is 5.10 Å². The quantitative estimate of drug-likeness (QED) is 0.343. The Morgan fingerprint density at radius 1 is 1.20 bits per heavy atom. The van der Waals surface area contributed by atoms with Crippen molar-refractivity contribution in [2.75, 3.05) is 12.3 Å². The molecule has 1 aliphatic heterocycles. The number of fused-ring (bicyclic) bond motifs is 1. The smallest absolute Gasteiger partial charge is 0.340 e. The molecule has 1 saturated carbocycles. The number of nitrogens with two attached hydrogens (primary N) is 1. The molecule has 2 N–H and O–H groups in total. The number of hydrogen-bond acceptors (Lipinski definition) is 7. The summed E-state index contributed by atoms with van der Waals surface area (Å²) >= 11 is 12.0. The molecule has 5 rings (SSSR count). The number of amides is 1. The van der Waals surface area contributed by atoms with Crippen molar-refractivity contribution in [3.63, 3.8) is 0 Å². The van der Waals surface area contributed by atoms with E-state index in [0.717, 1.165) is 36.3 Å². The SMILES string of the molecule is Nc1c(Cl)cc(Cl)cc1C(=O)OCC(=O)N1N=C2C(=Cc3ccco3)CCCC2C1c1ccco1. The van der Waals surface area contributed by atoms with E-state index in [0.29, 0.717) is 5.76 Å². The van der Waals surface area contributed by atoms with Crippen molar-refractivity contribution in [1.82, 2.24) is 5.01 Å². The van der Waals surface area contributed by atoms with Crippen LogP contribution in [0.4, 0.5) is 5.69 Å². The van der Waals surface area contributed by atoms with Crippen LogP contribution in [0.25, 0.3) is 6.08 Å².